The third kappa shape index (κ3) is 3.35. The summed E-state index contributed by atoms with van der Waals surface area (Å²) in [7, 11) is 0. The van der Waals surface area contributed by atoms with Crippen LogP contribution in [0.5, 0.6) is 0 Å². The predicted molar refractivity (Wildman–Crippen MR) is 73.5 cm³/mol. The van der Waals surface area contributed by atoms with Gasteiger partial charge in [0.25, 0.3) is 0 Å². The van der Waals surface area contributed by atoms with Crippen LogP contribution < -0.4 is 10.6 Å². The molecule has 0 radical (unpaired) electrons. The van der Waals surface area contributed by atoms with Crippen molar-refractivity contribution in [3.05, 3.63) is 18.5 Å². The van der Waals surface area contributed by atoms with E-state index in [9.17, 15) is 0 Å². The summed E-state index contributed by atoms with van der Waals surface area (Å²) in [6, 6.07) is 2.15. The second kappa shape index (κ2) is 5.39. The summed E-state index contributed by atoms with van der Waals surface area (Å²) in [5, 5.41) is 6.87. The molecule has 1 aliphatic carbocycles. The predicted octanol–water partition coefficient (Wildman–Crippen LogP) is 3.51. The van der Waals surface area contributed by atoms with Crippen LogP contribution >= 0.6 is 0 Å². The minimum absolute atomic E-state index is 0.576. The van der Waals surface area contributed by atoms with E-state index in [0.29, 0.717) is 5.41 Å². The lowest BCUT2D eigenvalue weighted by Gasteiger charge is -2.15. The Kier molecular flexibility index (Phi) is 3.87. The van der Waals surface area contributed by atoms with Crippen LogP contribution in [0, 0.1) is 5.41 Å². The zero-order chi connectivity index (χ0) is 12.1. The molecular formula is C14H23N3. The Morgan fingerprint density at radius 3 is 2.47 bits per heavy atom. The molecule has 1 aromatic heterocycles. The highest BCUT2D eigenvalue weighted by Gasteiger charge is 2.40. The van der Waals surface area contributed by atoms with E-state index in [1.54, 1.807) is 0 Å². The van der Waals surface area contributed by atoms with E-state index >= 15 is 0 Å². The third-order valence-electron chi connectivity index (χ3n) is 3.69. The van der Waals surface area contributed by atoms with Crippen molar-refractivity contribution in [3.8, 4) is 0 Å². The fourth-order valence-corrected chi connectivity index (χ4v) is 2.02. The molecule has 2 rings (SSSR count). The molecule has 17 heavy (non-hydrogen) atoms. The van der Waals surface area contributed by atoms with Gasteiger partial charge in [0.15, 0.2) is 0 Å². The summed E-state index contributed by atoms with van der Waals surface area (Å²) in [5.41, 5.74) is 2.82. The van der Waals surface area contributed by atoms with Crippen molar-refractivity contribution in [1.29, 1.82) is 0 Å². The topological polar surface area (TPSA) is 37.0 Å². The van der Waals surface area contributed by atoms with E-state index in [0.717, 1.165) is 30.9 Å². The number of hydrogen-bond donors (Lipinski definition) is 2. The first-order valence-corrected chi connectivity index (χ1v) is 6.71. The number of pyridine rings is 1. The molecule has 0 bridgehead atoms. The first-order chi connectivity index (χ1) is 8.28. The van der Waals surface area contributed by atoms with Gasteiger partial charge in [-0.1, -0.05) is 13.8 Å². The molecule has 2 N–H and O–H groups in total. The standard InChI is InChI=1S/C14H23N3/c1-3-7-16-12-8-13(10-15-9-12)17-11-14(4-2)5-6-14/h8-10,16-17H,3-7,11H2,1-2H3. The number of aromatic nitrogens is 1. The van der Waals surface area contributed by atoms with Crippen LogP contribution in [0.1, 0.15) is 39.5 Å². The monoisotopic (exact) mass is 233 g/mol. The molecule has 3 nitrogen and oxygen atoms in total. The quantitative estimate of drug-likeness (QED) is 0.756. The first-order valence-electron chi connectivity index (χ1n) is 6.71. The molecule has 94 valence electrons. The molecule has 1 saturated carbocycles. The maximum Gasteiger partial charge on any atom is 0.0547 e. The van der Waals surface area contributed by atoms with Crippen LogP contribution in [0.2, 0.25) is 0 Å². The molecule has 1 fully saturated rings. The maximum atomic E-state index is 4.26. The van der Waals surface area contributed by atoms with Crippen molar-refractivity contribution >= 4 is 11.4 Å². The van der Waals surface area contributed by atoms with Gasteiger partial charge < -0.3 is 10.6 Å². The van der Waals surface area contributed by atoms with Gasteiger partial charge in [-0.3, -0.25) is 4.98 Å². The highest BCUT2D eigenvalue weighted by molar-refractivity contribution is 5.54. The molecule has 1 aliphatic rings. The molecule has 3 heteroatoms. The number of rotatable bonds is 7. The van der Waals surface area contributed by atoms with E-state index in [1.807, 2.05) is 12.4 Å². The smallest absolute Gasteiger partial charge is 0.0547 e. The van der Waals surface area contributed by atoms with Crippen molar-refractivity contribution in [3.63, 3.8) is 0 Å². The van der Waals surface area contributed by atoms with Gasteiger partial charge in [-0.25, -0.2) is 0 Å². The Morgan fingerprint density at radius 2 is 1.88 bits per heavy atom. The molecule has 0 saturated heterocycles. The fraction of sp³-hybridized carbons (Fsp3) is 0.643. The van der Waals surface area contributed by atoms with Crippen molar-refractivity contribution in [1.82, 2.24) is 4.98 Å². The van der Waals surface area contributed by atoms with Crippen LogP contribution in [0.15, 0.2) is 18.5 Å². The van der Waals surface area contributed by atoms with E-state index < -0.39 is 0 Å². The van der Waals surface area contributed by atoms with Crippen molar-refractivity contribution in [2.24, 2.45) is 5.41 Å². The number of nitrogens with one attached hydrogen (secondary N) is 2. The van der Waals surface area contributed by atoms with Gasteiger partial charge in [-0.2, -0.15) is 0 Å². The Labute approximate surface area is 104 Å². The molecular weight excluding hydrogens is 210 g/mol. The van der Waals surface area contributed by atoms with Gasteiger partial charge in [0.2, 0.25) is 0 Å². The van der Waals surface area contributed by atoms with Crippen LogP contribution in [-0.2, 0) is 0 Å². The van der Waals surface area contributed by atoms with Crippen LogP contribution in [-0.4, -0.2) is 18.1 Å². The average molecular weight is 233 g/mol. The summed E-state index contributed by atoms with van der Waals surface area (Å²) in [4.78, 5) is 4.26. The average Bonchev–Trinajstić information content (AvgIpc) is 3.15. The zero-order valence-electron chi connectivity index (χ0n) is 10.9. The zero-order valence-corrected chi connectivity index (χ0v) is 10.9. The number of nitrogens with zero attached hydrogens (tertiary/aromatic N) is 1. The Balaban J connectivity index is 1.87. The van der Waals surface area contributed by atoms with Gasteiger partial charge in [0.05, 0.1) is 23.8 Å². The van der Waals surface area contributed by atoms with Crippen LogP contribution in [0.25, 0.3) is 0 Å². The SMILES string of the molecule is CCCNc1cncc(NCC2(CC)CC2)c1. The molecule has 0 aromatic carbocycles. The Hall–Kier alpha value is -1.25. The lowest BCUT2D eigenvalue weighted by molar-refractivity contribution is 0.521. The summed E-state index contributed by atoms with van der Waals surface area (Å²) >= 11 is 0. The lowest BCUT2D eigenvalue weighted by Crippen LogP contribution is -2.14. The second-order valence-corrected chi connectivity index (χ2v) is 5.10. The van der Waals surface area contributed by atoms with Crippen molar-refractivity contribution in [2.75, 3.05) is 23.7 Å². The van der Waals surface area contributed by atoms with E-state index in [4.69, 9.17) is 0 Å². The van der Waals surface area contributed by atoms with Gasteiger partial charge in [-0.05, 0) is 37.2 Å². The first kappa shape index (κ1) is 12.2. The summed E-state index contributed by atoms with van der Waals surface area (Å²) in [5.74, 6) is 0. The number of anilines is 2. The maximum absolute atomic E-state index is 4.26. The molecule has 1 heterocycles. The van der Waals surface area contributed by atoms with Gasteiger partial charge in [0.1, 0.15) is 0 Å². The number of hydrogen-bond acceptors (Lipinski definition) is 3. The van der Waals surface area contributed by atoms with Crippen LogP contribution in [0.4, 0.5) is 11.4 Å². The molecule has 1 aromatic rings. The molecule has 0 unspecified atom stereocenters. The summed E-state index contributed by atoms with van der Waals surface area (Å²) < 4.78 is 0. The molecule has 0 aliphatic heterocycles. The highest BCUT2D eigenvalue weighted by atomic mass is 14.9. The fourth-order valence-electron chi connectivity index (χ4n) is 2.02. The summed E-state index contributed by atoms with van der Waals surface area (Å²) in [6.07, 6.45) is 8.95. The highest BCUT2D eigenvalue weighted by Crippen LogP contribution is 2.48. The van der Waals surface area contributed by atoms with Crippen molar-refractivity contribution < 1.29 is 0 Å². The molecule has 0 atom stereocenters. The van der Waals surface area contributed by atoms with Crippen LogP contribution in [0.3, 0.4) is 0 Å². The molecule has 0 amide bonds. The van der Waals surface area contributed by atoms with Gasteiger partial charge in [0, 0.05) is 13.1 Å². The second-order valence-electron chi connectivity index (χ2n) is 5.10. The lowest BCUT2D eigenvalue weighted by atomic mass is 10.0. The summed E-state index contributed by atoms with van der Waals surface area (Å²) in [6.45, 7) is 6.54. The Bertz CT molecular complexity index is 358. The van der Waals surface area contributed by atoms with E-state index in [2.05, 4.69) is 35.5 Å². The minimum atomic E-state index is 0.576. The Morgan fingerprint density at radius 1 is 1.18 bits per heavy atom. The van der Waals surface area contributed by atoms with E-state index in [1.165, 1.54) is 19.3 Å². The van der Waals surface area contributed by atoms with Crippen molar-refractivity contribution in [2.45, 2.75) is 39.5 Å². The van der Waals surface area contributed by atoms with E-state index in [-0.39, 0.29) is 0 Å². The van der Waals surface area contributed by atoms with Gasteiger partial charge >= 0.3 is 0 Å². The minimum Gasteiger partial charge on any atom is -0.384 e. The third-order valence-corrected chi connectivity index (χ3v) is 3.69. The largest absolute Gasteiger partial charge is 0.384 e. The molecule has 0 spiro atoms. The van der Waals surface area contributed by atoms with Gasteiger partial charge in [-0.15, -0.1) is 0 Å². The normalized spacial score (nSPS) is 16.6.